The fourth-order valence-electron chi connectivity index (χ4n) is 2.20. The molecule has 1 heterocycles. The standard InChI is InChI=1S/C16H12Cl2O2/c1-9-2-5-14-10(6-9)7-15(20-14)16(19)12-8-11(17)3-4-13(12)18/h2-8,16,19H,1H3. The van der Waals surface area contributed by atoms with E-state index < -0.39 is 6.10 Å². The molecule has 4 heteroatoms. The second-order valence-corrected chi connectivity index (χ2v) is 5.60. The Balaban J connectivity index is 2.07. The van der Waals surface area contributed by atoms with Gasteiger partial charge in [0.05, 0.1) is 0 Å². The molecule has 0 aliphatic heterocycles. The Hall–Kier alpha value is -1.48. The minimum absolute atomic E-state index is 0.453. The summed E-state index contributed by atoms with van der Waals surface area (Å²) >= 11 is 12.1. The summed E-state index contributed by atoms with van der Waals surface area (Å²) in [6, 6.07) is 12.7. The predicted molar refractivity (Wildman–Crippen MR) is 81.5 cm³/mol. The van der Waals surface area contributed by atoms with E-state index in [0.717, 1.165) is 16.5 Å². The normalized spacial score (nSPS) is 12.8. The van der Waals surface area contributed by atoms with Crippen LogP contribution in [-0.2, 0) is 0 Å². The van der Waals surface area contributed by atoms with Gasteiger partial charge in [0, 0.05) is 21.0 Å². The first-order chi connectivity index (χ1) is 9.54. The number of benzene rings is 2. The first kappa shape index (κ1) is 13.5. The summed E-state index contributed by atoms with van der Waals surface area (Å²) in [5.74, 6) is 0.453. The highest BCUT2D eigenvalue weighted by atomic mass is 35.5. The van der Waals surface area contributed by atoms with Crippen LogP contribution >= 0.6 is 23.2 Å². The Labute approximate surface area is 126 Å². The van der Waals surface area contributed by atoms with Crippen LogP contribution in [0.15, 0.2) is 46.9 Å². The van der Waals surface area contributed by atoms with Gasteiger partial charge in [0.2, 0.25) is 0 Å². The van der Waals surface area contributed by atoms with Gasteiger partial charge in [-0.3, -0.25) is 0 Å². The third kappa shape index (κ3) is 2.42. The average Bonchev–Trinajstić information content (AvgIpc) is 2.83. The smallest absolute Gasteiger partial charge is 0.138 e. The van der Waals surface area contributed by atoms with Crippen molar-refractivity contribution in [1.82, 2.24) is 0 Å². The molecule has 102 valence electrons. The van der Waals surface area contributed by atoms with Gasteiger partial charge in [-0.25, -0.2) is 0 Å². The van der Waals surface area contributed by atoms with Gasteiger partial charge in [-0.05, 0) is 43.3 Å². The van der Waals surface area contributed by atoms with Crippen molar-refractivity contribution in [3.63, 3.8) is 0 Å². The fraction of sp³-hybridized carbons (Fsp3) is 0.125. The number of halogens is 2. The molecule has 0 amide bonds. The highest BCUT2D eigenvalue weighted by molar-refractivity contribution is 6.33. The van der Waals surface area contributed by atoms with Gasteiger partial charge in [0.25, 0.3) is 0 Å². The molecule has 0 aliphatic rings. The SMILES string of the molecule is Cc1ccc2oc(C(O)c3cc(Cl)ccc3Cl)cc2c1. The second kappa shape index (κ2) is 5.13. The molecular weight excluding hydrogens is 295 g/mol. The van der Waals surface area contributed by atoms with E-state index in [-0.39, 0.29) is 0 Å². The molecule has 2 aromatic carbocycles. The molecule has 0 spiro atoms. The summed E-state index contributed by atoms with van der Waals surface area (Å²) in [4.78, 5) is 0. The molecule has 0 fully saturated rings. The minimum Gasteiger partial charge on any atom is -0.458 e. The molecule has 0 aliphatic carbocycles. The molecule has 0 bridgehead atoms. The van der Waals surface area contributed by atoms with E-state index in [9.17, 15) is 5.11 Å². The van der Waals surface area contributed by atoms with Crippen LogP contribution in [0.4, 0.5) is 0 Å². The van der Waals surface area contributed by atoms with Gasteiger partial charge in [-0.1, -0.05) is 34.8 Å². The second-order valence-electron chi connectivity index (χ2n) is 4.76. The summed E-state index contributed by atoms with van der Waals surface area (Å²) < 4.78 is 5.68. The van der Waals surface area contributed by atoms with Gasteiger partial charge in [-0.15, -0.1) is 0 Å². The lowest BCUT2D eigenvalue weighted by molar-refractivity contribution is 0.192. The van der Waals surface area contributed by atoms with Gasteiger partial charge >= 0.3 is 0 Å². The van der Waals surface area contributed by atoms with Crippen LogP contribution in [0, 0.1) is 6.92 Å². The zero-order valence-corrected chi connectivity index (χ0v) is 12.2. The Bertz CT molecular complexity index is 777. The van der Waals surface area contributed by atoms with Crippen LogP contribution in [-0.4, -0.2) is 5.11 Å². The highest BCUT2D eigenvalue weighted by Gasteiger charge is 2.18. The monoisotopic (exact) mass is 306 g/mol. The number of aliphatic hydroxyl groups excluding tert-OH is 1. The van der Waals surface area contributed by atoms with E-state index >= 15 is 0 Å². The van der Waals surface area contributed by atoms with Crippen LogP contribution in [0.2, 0.25) is 10.0 Å². The van der Waals surface area contributed by atoms with Crippen LogP contribution in [0.1, 0.15) is 23.0 Å². The highest BCUT2D eigenvalue weighted by Crippen LogP contribution is 2.33. The Morgan fingerprint density at radius 2 is 1.85 bits per heavy atom. The maximum Gasteiger partial charge on any atom is 0.138 e. The molecule has 0 radical (unpaired) electrons. The van der Waals surface area contributed by atoms with Gasteiger partial charge < -0.3 is 9.52 Å². The van der Waals surface area contributed by atoms with E-state index in [1.54, 1.807) is 18.2 Å². The van der Waals surface area contributed by atoms with E-state index in [2.05, 4.69) is 0 Å². The number of hydrogen-bond acceptors (Lipinski definition) is 2. The van der Waals surface area contributed by atoms with E-state index in [0.29, 0.717) is 21.4 Å². The first-order valence-corrected chi connectivity index (χ1v) is 6.93. The molecule has 1 N–H and O–H groups in total. The van der Waals surface area contributed by atoms with Crippen molar-refractivity contribution in [1.29, 1.82) is 0 Å². The van der Waals surface area contributed by atoms with Crippen molar-refractivity contribution < 1.29 is 9.52 Å². The quantitative estimate of drug-likeness (QED) is 0.712. The van der Waals surface area contributed by atoms with Crippen molar-refractivity contribution in [3.8, 4) is 0 Å². The Kier molecular flexibility index (Phi) is 3.47. The largest absolute Gasteiger partial charge is 0.458 e. The lowest BCUT2D eigenvalue weighted by atomic mass is 10.1. The number of furan rings is 1. The molecule has 2 nitrogen and oxygen atoms in total. The van der Waals surface area contributed by atoms with Crippen LogP contribution < -0.4 is 0 Å². The molecule has 1 aromatic heterocycles. The average molecular weight is 307 g/mol. The number of aliphatic hydroxyl groups is 1. The first-order valence-electron chi connectivity index (χ1n) is 6.18. The number of aryl methyl sites for hydroxylation is 1. The van der Waals surface area contributed by atoms with Crippen molar-refractivity contribution in [2.75, 3.05) is 0 Å². The zero-order chi connectivity index (χ0) is 14.3. The number of hydrogen-bond donors (Lipinski definition) is 1. The molecule has 0 saturated heterocycles. The molecule has 0 saturated carbocycles. The van der Waals surface area contributed by atoms with Crippen LogP contribution in [0.3, 0.4) is 0 Å². The molecule has 20 heavy (non-hydrogen) atoms. The van der Waals surface area contributed by atoms with Gasteiger partial charge in [-0.2, -0.15) is 0 Å². The van der Waals surface area contributed by atoms with Crippen LogP contribution in [0.25, 0.3) is 11.0 Å². The van der Waals surface area contributed by atoms with E-state index in [1.807, 2.05) is 31.2 Å². The molecule has 1 unspecified atom stereocenters. The Morgan fingerprint density at radius 1 is 1.05 bits per heavy atom. The lowest BCUT2D eigenvalue weighted by Gasteiger charge is -2.10. The maximum atomic E-state index is 10.4. The summed E-state index contributed by atoms with van der Waals surface area (Å²) in [5.41, 5.74) is 2.41. The van der Waals surface area contributed by atoms with Gasteiger partial charge in [0.15, 0.2) is 0 Å². The van der Waals surface area contributed by atoms with Crippen molar-refractivity contribution in [2.24, 2.45) is 0 Å². The lowest BCUT2D eigenvalue weighted by Crippen LogP contribution is -1.98. The summed E-state index contributed by atoms with van der Waals surface area (Å²) in [6.45, 7) is 2.01. The van der Waals surface area contributed by atoms with Crippen molar-refractivity contribution >= 4 is 34.2 Å². The van der Waals surface area contributed by atoms with E-state index in [1.165, 1.54) is 0 Å². The predicted octanol–water partition coefficient (Wildman–Crippen LogP) is 5.13. The molecule has 1 atom stereocenters. The molecule has 3 aromatic rings. The third-order valence-corrected chi connectivity index (χ3v) is 3.79. The summed E-state index contributed by atoms with van der Waals surface area (Å²) in [7, 11) is 0. The number of fused-ring (bicyclic) bond motifs is 1. The van der Waals surface area contributed by atoms with E-state index in [4.69, 9.17) is 27.6 Å². The minimum atomic E-state index is -0.936. The topological polar surface area (TPSA) is 33.4 Å². The fourth-order valence-corrected chi connectivity index (χ4v) is 2.60. The zero-order valence-electron chi connectivity index (χ0n) is 10.7. The van der Waals surface area contributed by atoms with Crippen molar-refractivity contribution in [3.05, 3.63) is 69.4 Å². The van der Waals surface area contributed by atoms with Gasteiger partial charge in [0.1, 0.15) is 17.4 Å². The number of rotatable bonds is 2. The summed E-state index contributed by atoms with van der Waals surface area (Å²) in [6.07, 6.45) is -0.936. The molecule has 3 rings (SSSR count). The Morgan fingerprint density at radius 3 is 2.65 bits per heavy atom. The maximum absolute atomic E-state index is 10.4. The van der Waals surface area contributed by atoms with Crippen molar-refractivity contribution in [2.45, 2.75) is 13.0 Å². The van der Waals surface area contributed by atoms with Crippen LogP contribution in [0.5, 0.6) is 0 Å². The third-order valence-electron chi connectivity index (χ3n) is 3.21. The molecular formula is C16H12Cl2O2. The summed E-state index contributed by atoms with van der Waals surface area (Å²) in [5, 5.41) is 12.4.